The SMILES string of the molecule is CC1=CC2=C(C(C)C)C3=C(C(=O)OC3=O)C3(C4CC5CC(C4)CC3C5)C2(C)O1. The van der Waals surface area contributed by atoms with E-state index in [4.69, 9.17) is 9.47 Å². The molecular formula is C24H28O4. The quantitative estimate of drug-likeness (QED) is 0.498. The Balaban J connectivity index is 1.70. The fraction of sp³-hybridized carbons (Fsp3) is 0.667. The minimum atomic E-state index is -0.582. The lowest BCUT2D eigenvalue weighted by molar-refractivity contribution is -0.182. The van der Waals surface area contributed by atoms with Gasteiger partial charge in [-0.3, -0.25) is 0 Å². The van der Waals surface area contributed by atoms with Gasteiger partial charge in [-0.15, -0.1) is 0 Å². The molecule has 4 heteroatoms. The maximum atomic E-state index is 13.2. The zero-order chi connectivity index (χ0) is 19.6. The predicted molar refractivity (Wildman–Crippen MR) is 103 cm³/mol. The van der Waals surface area contributed by atoms with Crippen molar-refractivity contribution in [2.75, 3.05) is 0 Å². The van der Waals surface area contributed by atoms with Crippen LogP contribution in [-0.4, -0.2) is 17.5 Å². The molecule has 0 N–H and O–H groups in total. The van der Waals surface area contributed by atoms with Gasteiger partial charge in [-0.25, -0.2) is 9.59 Å². The summed E-state index contributed by atoms with van der Waals surface area (Å²) in [5, 5.41) is 0. The fourth-order valence-corrected chi connectivity index (χ4v) is 8.49. The summed E-state index contributed by atoms with van der Waals surface area (Å²) < 4.78 is 11.9. The standard InChI is InChI=1S/C24H28O4/c1-11(2)18-17-5-12(3)28-23(17,4)24(20-19(18)21(25)27-22(20)26)15-7-13-6-14(9-15)10-16(24)8-13/h5,11,13-16H,6-10H2,1-4H3. The number of esters is 2. The maximum absolute atomic E-state index is 13.2. The van der Waals surface area contributed by atoms with Crippen LogP contribution >= 0.6 is 0 Å². The van der Waals surface area contributed by atoms with Crippen LogP contribution in [0.5, 0.6) is 0 Å². The largest absolute Gasteiger partial charge is 0.487 e. The number of cyclic esters (lactones) is 2. The average Bonchev–Trinajstić information content (AvgIpc) is 3.06. The monoisotopic (exact) mass is 380 g/mol. The van der Waals surface area contributed by atoms with Crippen molar-refractivity contribution in [2.45, 2.75) is 65.4 Å². The molecule has 4 nitrogen and oxygen atoms in total. The van der Waals surface area contributed by atoms with E-state index >= 15 is 0 Å². The van der Waals surface area contributed by atoms with E-state index in [1.165, 1.54) is 6.42 Å². The summed E-state index contributed by atoms with van der Waals surface area (Å²) in [6.07, 6.45) is 8.05. The first kappa shape index (κ1) is 17.1. The number of carbonyl (C=O) groups is 2. The van der Waals surface area contributed by atoms with Gasteiger partial charge in [0.25, 0.3) is 0 Å². The first-order valence-electron chi connectivity index (χ1n) is 10.9. The van der Waals surface area contributed by atoms with Crippen molar-refractivity contribution in [1.29, 1.82) is 0 Å². The lowest BCUT2D eigenvalue weighted by Gasteiger charge is -2.66. The molecule has 148 valence electrons. The summed E-state index contributed by atoms with van der Waals surface area (Å²) in [6.45, 7) is 8.39. The van der Waals surface area contributed by atoms with Crippen LogP contribution in [0.15, 0.2) is 34.1 Å². The summed E-state index contributed by atoms with van der Waals surface area (Å²) in [4.78, 5) is 26.1. The summed E-state index contributed by atoms with van der Waals surface area (Å²) in [7, 11) is 0. The number of allylic oxidation sites excluding steroid dienone is 1. The molecule has 5 aliphatic carbocycles. The average molecular weight is 380 g/mol. The number of carbonyl (C=O) groups excluding carboxylic acids is 2. The lowest BCUT2D eigenvalue weighted by Crippen LogP contribution is -2.66. The predicted octanol–water partition coefficient (Wildman–Crippen LogP) is 4.47. The Morgan fingerprint density at radius 1 is 1.00 bits per heavy atom. The van der Waals surface area contributed by atoms with Crippen LogP contribution in [0, 0.1) is 35.0 Å². The Bertz CT molecular complexity index is 902. The van der Waals surface area contributed by atoms with E-state index in [2.05, 4.69) is 26.8 Å². The Morgan fingerprint density at radius 3 is 2.18 bits per heavy atom. The third-order valence-electron chi connectivity index (χ3n) is 8.84. The van der Waals surface area contributed by atoms with Gasteiger partial charge in [0.15, 0.2) is 0 Å². The third-order valence-corrected chi connectivity index (χ3v) is 8.84. The van der Waals surface area contributed by atoms with Crippen LogP contribution < -0.4 is 0 Å². The van der Waals surface area contributed by atoms with Gasteiger partial charge in [-0.1, -0.05) is 13.8 Å². The Hall–Kier alpha value is -1.84. The Kier molecular flexibility index (Phi) is 3.05. The smallest absolute Gasteiger partial charge is 0.346 e. The van der Waals surface area contributed by atoms with Crippen molar-refractivity contribution >= 4 is 11.9 Å². The van der Waals surface area contributed by atoms with Gasteiger partial charge >= 0.3 is 11.9 Å². The maximum Gasteiger partial charge on any atom is 0.346 e. The van der Waals surface area contributed by atoms with Gasteiger partial charge in [0, 0.05) is 5.57 Å². The molecule has 7 rings (SSSR count). The van der Waals surface area contributed by atoms with Crippen molar-refractivity contribution in [3.63, 3.8) is 0 Å². The molecule has 2 heterocycles. The van der Waals surface area contributed by atoms with Crippen LogP contribution in [0.1, 0.15) is 59.8 Å². The number of ether oxygens (including phenoxy) is 2. The van der Waals surface area contributed by atoms with Gasteiger partial charge in [-0.2, -0.15) is 0 Å². The third kappa shape index (κ3) is 1.67. The molecule has 1 spiro atoms. The highest BCUT2D eigenvalue weighted by atomic mass is 16.6. The summed E-state index contributed by atoms with van der Waals surface area (Å²) in [5.41, 5.74) is 2.32. The number of fused-ring (bicyclic) bond motifs is 1. The molecular weight excluding hydrogens is 352 g/mol. The van der Waals surface area contributed by atoms with Crippen molar-refractivity contribution in [3.05, 3.63) is 34.1 Å². The molecule has 0 amide bonds. The van der Waals surface area contributed by atoms with Gasteiger partial charge in [0.05, 0.1) is 22.3 Å². The first-order chi connectivity index (χ1) is 13.3. The molecule has 4 bridgehead atoms. The molecule has 0 aromatic rings. The molecule has 0 aromatic carbocycles. The van der Waals surface area contributed by atoms with Crippen LogP contribution in [-0.2, 0) is 19.1 Å². The van der Waals surface area contributed by atoms with E-state index < -0.39 is 23.0 Å². The van der Waals surface area contributed by atoms with Crippen molar-refractivity contribution in [2.24, 2.45) is 35.0 Å². The molecule has 1 unspecified atom stereocenters. The van der Waals surface area contributed by atoms with Crippen LogP contribution in [0.25, 0.3) is 0 Å². The van der Waals surface area contributed by atoms with Gasteiger partial charge < -0.3 is 9.47 Å². The van der Waals surface area contributed by atoms with E-state index in [0.717, 1.165) is 54.4 Å². The van der Waals surface area contributed by atoms with Gasteiger partial charge in [0.2, 0.25) is 0 Å². The molecule has 0 radical (unpaired) electrons. The molecule has 28 heavy (non-hydrogen) atoms. The highest BCUT2D eigenvalue weighted by molar-refractivity contribution is 6.16. The van der Waals surface area contributed by atoms with Crippen LogP contribution in [0.4, 0.5) is 0 Å². The molecule has 2 aliphatic heterocycles. The summed E-state index contributed by atoms with van der Waals surface area (Å²) in [6, 6.07) is 0. The van der Waals surface area contributed by atoms with E-state index in [0.29, 0.717) is 23.0 Å². The summed E-state index contributed by atoms with van der Waals surface area (Å²) in [5.74, 6) is 2.49. The highest BCUT2D eigenvalue weighted by Crippen LogP contribution is 2.74. The van der Waals surface area contributed by atoms with E-state index in [-0.39, 0.29) is 5.92 Å². The number of hydrogen-bond acceptors (Lipinski definition) is 4. The van der Waals surface area contributed by atoms with Gasteiger partial charge in [0.1, 0.15) is 5.60 Å². The van der Waals surface area contributed by atoms with E-state index in [1.54, 1.807) is 0 Å². The number of rotatable bonds is 1. The highest BCUT2D eigenvalue weighted by Gasteiger charge is 2.73. The topological polar surface area (TPSA) is 52.6 Å². The lowest BCUT2D eigenvalue weighted by atomic mass is 9.37. The minimum Gasteiger partial charge on any atom is -0.487 e. The number of hydrogen-bond donors (Lipinski definition) is 0. The van der Waals surface area contributed by atoms with Gasteiger partial charge in [-0.05, 0) is 87.2 Å². The second kappa shape index (κ2) is 5.01. The Morgan fingerprint density at radius 2 is 1.61 bits per heavy atom. The van der Waals surface area contributed by atoms with Crippen LogP contribution in [0.2, 0.25) is 0 Å². The molecule has 4 fully saturated rings. The molecule has 0 saturated heterocycles. The fourth-order valence-electron chi connectivity index (χ4n) is 8.49. The first-order valence-corrected chi connectivity index (χ1v) is 10.9. The van der Waals surface area contributed by atoms with E-state index in [1.807, 2.05) is 6.92 Å². The summed E-state index contributed by atoms with van der Waals surface area (Å²) >= 11 is 0. The Labute approximate surface area is 166 Å². The molecule has 4 saturated carbocycles. The van der Waals surface area contributed by atoms with Crippen LogP contribution in [0.3, 0.4) is 0 Å². The molecule has 7 aliphatic rings. The van der Waals surface area contributed by atoms with E-state index in [9.17, 15) is 9.59 Å². The zero-order valence-electron chi connectivity index (χ0n) is 17.1. The second-order valence-electron chi connectivity index (χ2n) is 10.5. The molecule has 0 aromatic heterocycles. The normalized spacial score (nSPS) is 45.7. The second-order valence-corrected chi connectivity index (χ2v) is 10.5. The van der Waals surface area contributed by atoms with Crippen molar-refractivity contribution in [3.8, 4) is 0 Å². The molecule has 1 atom stereocenters. The zero-order valence-corrected chi connectivity index (χ0v) is 17.1. The van der Waals surface area contributed by atoms with Crippen molar-refractivity contribution < 1.29 is 19.1 Å². The van der Waals surface area contributed by atoms with Crippen molar-refractivity contribution in [1.82, 2.24) is 0 Å². The minimum absolute atomic E-state index is 0.123.